The van der Waals surface area contributed by atoms with Gasteiger partial charge in [0.2, 0.25) is 0 Å². The normalized spacial score (nSPS) is 13.1. The third kappa shape index (κ3) is 3.93. The van der Waals surface area contributed by atoms with Crippen LogP contribution < -0.4 is 0 Å². The van der Waals surface area contributed by atoms with Crippen LogP contribution in [0.25, 0.3) is 0 Å². The van der Waals surface area contributed by atoms with Crippen molar-refractivity contribution >= 4 is 5.97 Å². The van der Waals surface area contributed by atoms with Gasteiger partial charge >= 0.3 is 5.97 Å². The van der Waals surface area contributed by atoms with Crippen LogP contribution in [0.3, 0.4) is 0 Å². The molecule has 0 aliphatic rings. The van der Waals surface area contributed by atoms with Gasteiger partial charge in [-0.3, -0.25) is 0 Å². The zero-order valence-electron chi connectivity index (χ0n) is 5.20. The number of aliphatic hydroxyl groups is 1. The lowest BCUT2D eigenvalue weighted by Crippen LogP contribution is -2.21. The Hall–Kier alpha value is -0.610. The summed E-state index contributed by atoms with van der Waals surface area (Å²) in [6.45, 7) is 1.35. The third-order valence-corrected chi connectivity index (χ3v) is 0.807. The van der Waals surface area contributed by atoms with Crippen molar-refractivity contribution < 1.29 is 19.7 Å². The maximum Gasteiger partial charge on any atom is 0.332 e. The molecule has 0 amide bonds. The molecule has 0 rings (SSSR count). The second-order valence-corrected chi connectivity index (χ2v) is 1.57. The standard InChI is InChI=1S/C5H10O4/c1-4(5(7)8)9-3-2-6/h4,6H,2-3H2,1H3,(H,7,8). The van der Waals surface area contributed by atoms with Crippen LogP contribution >= 0.6 is 0 Å². The van der Waals surface area contributed by atoms with Crippen LogP contribution in [-0.2, 0) is 9.53 Å². The number of aliphatic carboxylic acids is 1. The van der Waals surface area contributed by atoms with Gasteiger partial charge in [-0.05, 0) is 6.92 Å². The summed E-state index contributed by atoms with van der Waals surface area (Å²) in [5, 5.41) is 16.4. The van der Waals surface area contributed by atoms with Crippen LogP contribution in [0.1, 0.15) is 6.92 Å². The van der Waals surface area contributed by atoms with Crippen molar-refractivity contribution in [1.82, 2.24) is 0 Å². The molecule has 0 radical (unpaired) electrons. The van der Waals surface area contributed by atoms with E-state index < -0.39 is 12.1 Å². The summed E-state index contributed by atoms with van der Waals surface area (Å²) in [7, 11) is 0. The van der Waals surface area contributed by atoms with Gasteiger partial charge in [-0.15, -0.1) is 0 Å². The first-order chi connectivity index (χ1) is 4.18. The third-order valence-electron chi connectivity index (χ3n) is 0.807. The predicted octanol–water partition coefficient (Wildman–Crippen LogP) is -0.532. The Labute approximate surface area is 53.1 Å². The molecule has 0 spiro atoms. The van der Waals surface area contributed by atoms with Gasteiger partial charge in [-0.1, -0.05) is 0 Å². The first-order valence-corrected chi connectivity index (χ1v) is 2.63. The molecule has 0 aromatic heterocycles. The number of carboxylic acids is 1. The highest BCUT2D eigenvalue weighted by Gasteiger charge is 2.08. The van der Waals surface area contributed by atoms with E-state index in [4.69, 9.17) is 10.2 Å². The number of hydrogen-bond acceptors (Lipinski definition) is 3. The topological polar surface area (TPSA) is 66.8 Å². The van der Waals surface area contributed by atoms with Crippen molar-refractivity contribution in [2.45, 2.75) is 13.0 Å². The van der Waals surface area contributed by atoms with Crippen LogP contribution in [0.4, 0.5) is 0 Å². The quantitative estimate of drug-likeness (QED) is 0.542. The minimum absolute atomic E-state index is 0.0769. The molecule has 1 unspecified atom stereocenters. The summed E-state index contributed by atoms with van der Waals surface area (Å²) in [5.41, 5.74) is 0. The predicted molar refractivity (Wildman–Crippen MR) is 30.1 cm³/mol. The average molecular weight is 134 g/mol. The number of carboxylic acid groups (broad SMARTS) is 1. The van der Waals surface area contributed by atoms with Crippen molar-refractivity contribution in [3.05, 3.63) is 0 Å². The number of aliphatic hydroxyl groups excluding tert-OH is 1. The number of hydrogen-bond donors (Lipinski definition) is 2. The smallest absolute Gasteiger partial charge is 0.332 e. The monoisotopic (exact) mass is 134 g/mol. The van der Waals surface area contributed by atoms with E-state index in [0.717, 1.165) is 0 Å². The first kappa shape index (κ1) is 8.39. The zero-order chi connectivity index (χ0) is 7.28. The lowest BCUT2D eigenvalue weighted by atomic mass is 10.4. The summed E-state index contributed by atoms with van der Waals surface area (Å²) in [6.07, 6.45) is -0.822. The molecule has 0 aromatic carbocycles. The Kier molecular flexibility index (Phi) is 4.00. The van der Waals surface area contributed by atoms with E-state index in [2.05, 4.69) is 4.74 Å². The summed E-state index contributed by atoms with van der Waals surface area (Å²) in [4.78, 5) is 10.00. The van der Waals surface area contributed by atoms with Crippen molar-refractivity contribution in [3.63, 3.8) is 0 Å². The highest BCUT2D eigenvalue weighted by atomic mass is 16.5. The molecule has 0 saturated heterocycles. The largest absolute Gasteiger partial charge is 0.479 e. The minimum atomic E-state index is -1.01. The molecule has 1 atom stereocenters. The average Bonchev–Trinajstić information content (AvgIpc) is 1.82. The van der Waals surface area contributed by atoms with Gasteiger partial charge in [0.05, 0.1) is 13.2 Å². The fourth-order valence-electron chi connectivity index (χ4n) is 0.301. The van der Waals surface area contributed by atoms with E-state index in [1.807, 2.05) is 0 Å². The van der Waals surface area contributed by atoms with E-state index in [-0.39, 0.29) is 13.2 Å². The van der Waals surface area contributed by atoms with Gasteiger partial charge in [0.25, 0.3) is 0 Å². The second-order valence-electron chi connectivity index (χ2n) is 1.57. The fraction of sp³-hybridized carbons (Fsp3) is 0.800. The SMILES string of the molecule is CC(OCCO)C(=O)O. The summed E-state index contributed by atoms with van der Waals surface area (Å²) < 4.78 is 4.60. The van der Waals surface area contributed by atoms with Crippen molar-refractivity contribution in [3.8, 4) is 0 Å². The van der Waals surface area contributed by atoms with Gasteiger partial charge in [0.1, 0.15) is 0 Å². The Bertz CT molecular complexity index is 91.0. The lowest BCUT2D eigenvalue weighted by Gasteiger charge is -2.04. The Balaban J connectivity index is 3.27. The highest BCUT2D eigenvalue weighted by molar-refractivity contribution is 5.71. The highest BCUT2D eigenvalue weighted by Crippen LogP contribution is 1.87. The zero-order valence-corrected chi connectivity index (χ0v) is 5.20. The molecular formula is C5H10O4. The van der Waals surface area contributed by atoms with Gasteiger partial charge in [0, 0.05) is 0 Å². The fourth-order valence-corrected chi connectivity index (χ4v) is 0.301. The molecule has 4 nitrogen and oxygen atoms in total. The molecule has 0 fully saturated rings. The summed E-state index contributed by atoms with van der Waals surface area (Å²) >= 11 is 0. The molecule has 0 saturated carbocycles. The van der Waals surface area contributed by atoms with E-state index in [1.54, 1.807) is 0 Å². The van der Waals surface area contributed by atoms with Crippen LogP contribution in [0.15, 0.2) is 0 Å². The van der Waals surface area contributed by atoms with Gasteiger partial charge in [-0.25, -0.2) is 4.79 Å². The molecule has 0 bridgehead atoms. The lowest BCUT2D eigenvalue weighted by molar-refractivity contribution is -0.149. The Morgan fingerprint density at radius 1 is 1.78 bits per heavy atom. The van der Waals surface area contributed by atoms with Crippen molar-refractivity contribution in [1.29, 1.82) is 0 Å². The molecule has 0 aromatic rings. The van der Waals surface area contributed by atoms with E-state index in [0.29, 0.717) is 0 Å². The van der Waals surface area contributed by atoms with Crippen molar-refractivity contribution in [2.75, 3.05) is 13.2 Å². The molecule has 0 heterocycles. The number of carbonyl (C=O) groups is 1. The molecule has 54 valence electrons. The second kappa shape index (κ2) is 4.29. The van der Waals surface area contributed by atoms with Crippen LogP contribution in [-0.4, -0.2) is 35.5 Å². The molecular weight excluding hydrogens is 124 g/mol. The first-order valence-electron chi connectivity index (χ1n) is 2.63. The van der Waals surface area contributed by atoms with Gasteiger partial charge in [-0.2, -0.15) is 0 Å². The van der Waals surface area contributed by atoms with E-state index in [9.17, 15) is 4.79 Å². The van der Waals surface area contributed by atoms with Gasteiger partial charge in [0.15, 0.2) is 6.10 Å². The number of ether oxygens (including phenoxy) is 1. The Morgan fingerprint density at radius 3 is 2.67 bits per heavy atom. The number of rotatable bonds is 4. The summed E-state index contributed by atoms with van der Waals surface area (Å²) in [5.74, 6) is -1.01. The van der Waals surface area contributed by atoms with Gasteiger partial charge < -0.3 is 14.9 Å². The van der Waals surface area contributed by atoms with Crippen LogP contribution in [0, 0.1) is 0 Å². The Morgan fingerprint density at radius 2 is 2.33 bits per heavy atom. The maximum absolute atomic E-state index is 10.00. The van der Waals surface area contributed by atoms with E-state index >= 15 is 0 Å². The van der Waals surface area contributed by atoms with Crippen LogP contribution in [0.5, 0.6) is 0 Å². The van der Waals surface area contributed by atoms with Crippen LogP contribution in [0.2, 0.25) is 0 Å². The molecule has 9 heavy (non-hydrogen) atoms. The minimum Gasteiger partial charge on any atom is -0.479 e. The molecule has 0 aliphatic carbocycles. The molecule has 4 heteroatoms. The summed E-state index contributed by atoms with van der Waals surface area (Å²) in [6, 6.07) is 0. The maximum atomic E-state index is 10.00. The van der Waals surface area contributed by atoms with Crippen molar-refractivity contribution in [2.24, 2.45) is 0 Å². The van der Waals surface area contributed by atoms with E-state index in [1.165, 1.54) is 6.92 Å². The molecule has 0 aliphatic heterocycles. The molecule has 2 N–H and O–H groups in total.